The Morgan fingerprint density at radius 3 is 2.19 bits per heavy atom. The number of halogens is 1. The standard InChI is InChI=1S/C17H17FO2S/c1-11-8-13(3)16(9-12(11)2)17(19)10-21(20)15-6-4-14(18)5-7-15/h4-9H,10H2,1-3H3. The minimum Gasteiger partial charge on any atom is -0.293 e. The molecule has 0 fully saturated rings. The lowest BCUT2D eigenvalue weighted by Crippen LogP contribution is -2.13. The van der Waals surface area contributed by atoms with Crippen molar-refractivity contribution >= 4 is 16.6 Å². The van der Waals surface area contributed by atoms with E-state index in [0.29, 0.717) is 10.5 Å². The van der Waals surface area contributed by atoms with Crippen LogP contribution >= 0.6 is 0 Å². The maximum atomic E-state index is 12.8. The first kappa shape index (κ1) is 15.6. The zero-order valence-corrected chi connectivity index (χ0v) is 13.1. The molecule has 110 valence electrons. The van der Waals surface area contributed by atoms with Gasteiger partial charge in [-0.2, -0.15) is 0 Å². The van der Waals surface area contributed by atoms with Gasteiger partial charge in [-0.05, 0) is 67.8 Å². The van der Waals surface area contributed by atoms with Gasteiger partial charge in [-0.1, -0.05) is 6.07 Å². The van der Waals surface area contributed by atoms with E-state index >= 15 is 0 Å². The van der Waals surface area contributed by atoms with Crippen LogP contribution in [0.15, 0.2) is 41.3 Å². The van der Waals surface area contributed by atoms with Crippen LogP contribution in [0.1, 0.15) is 27.0 Å². The van der Waals surface area contributed by atoms with Crippen LogP contribution in [-0.4, -0.2) is 15.7 Å². The second-order valence-electron chi connectivity index (χ2n) is 5.12. The van der Waals surface area contributed by atoms with Crippen molar-refractivity contribution in [2.24, 2.45) is 0 Å². The molecule has 0 aliphatic carbocycles. The number of hydrogen-bond donors (Lipinski definition) is 0. The Hall–Kier alpha value is -1.81. The molecule has 2 nitrogen and oxygen atoms in total. The molecule has 0 radical (unpaired) electrons. The molecule has 0 aliphatic rings. The molecule has 1 atom stereocenters. The molecule has 0 saturated heterocycles. The lowest BCUT2D eigenvalue weighted by Gasteiger charge is -2.09. The van der Waals surface area contributed by atoms with Gasteiger partial charge in [0.05, 0.1) is 16.6 Å². The molecule has 2 aromatic rings. The van der Waals surface area contributed by atoms with Gasteiger partial charge in [-0.15, -0.1) is 0 Å². The van der Waals surface area contributed by atoms with Gasteiger partial charge in [0.2, 0.25) is 0 Å². The third-order valence-electron chi connectivity index (χ3n) is 3.48. The van der Waals surface area contributed by atoms with Gasteiger partial charge in [0.15, 0.2) is 5.78 Å². The van der Waals surface area contributed by atoms with Crippen molar-refractivity contribution in [2.75, 3.05) is 5.75 Å². The molecule has 0 aliphatic heterocycles. The van der Waals surface area contributed by atoms with Crippen molar-refractivity contribution in [1.82, 2.24) is 0 Å². The molecular weight excluding hydrogens is 287 g/mol. The molecule has 21 heavy (non-hydrogen) atoms. The van der Waals surface area contributed by atoms with E-state index in [1.165, 1.54) is 24.3 Å². The first-order chi connectivity index (χ1) is 9.88. The number of carbonyl (C=O) groups is 1. The number of hydrogen-bond acceptors (Lipinski definition) is 2. The van der Waals surface area contributed by atoms with Crippen LogP contribution in [0.5, 0.6) is 0 Å². The molecule has 0 amide bonds. The average molecular weight is 304 g/mol. The SMILES string of the molecule is Cc1cc(C)c(C(=O)CS(=O)c2ccc(F)cc2)cc1C. The first-order valence-electron chi connectivity index (χ1n) is 6.63. The highest BCUT2D eigenvalue weighted by atomic mass is 32.2. The fourth-order valence-electron chi connectivity index (χ4n) is 2.13. The smallest absolute Gasteiger partial charge is 0.175 e. The molecule has 2 aromatic carbocycles. The first-order valence-corrected chi connectivity index (χ1v) is 7.95. The van der Waals surface area contributed by atoms with Crippen molar-refractivity contribution in [1.29, 1.82) is 0 Å². The van der Waals surface area contributed by atoms with Crippen LogP contribution in [0.3, 0.4) is 0 Å². The van der Waals surface area contributed by atoms with E-state index in [-0.39, 0.29) is 17.4 Å². The van der Waals surface area contributed by atoms with E-state index in [1.807, 2.05) is 32.9 Å². The van der Waals surface area contributed by atoms with E-state index in [2.05, 4.69) is 0 Å². The second kappa shape index (κ2) is 6.31. The monoisotopic (exact) mass is 304 g/mol. The van der Waals surface area contributed by atoms with Crippen molar-refractivity contribution in [3.63, 3.8) is 0 Å². The van der Waals surface area contributed by atoms with Crippen LogP contribution < -0.4 is 0 Å². The second-order valence-corrected chi connectivity index (χ2v) is 6.57. The van der Waals surface area contributed by atoms with Crippen molar-refractivity contribution in [2.45, 2.75) is 25.7 Å². The van der Waals surface area contributed by atoms with Gasteiger partial charge in [0.25, 0.3) is 0 Å². The Balaban J connectivity index is 2.20. The van der Waals surface area contributed by atoms with Gasteiger partial charge in [0.1, 0.15) is 5.82 Å². The summed E-state index contributed by atoms with van der Waals surface area (Å²) < 4.78 is 25.0. The summed E-state index contributed by atoms with van der Waals surface area (Å²) in [6, 6.07) is 9.20. The summed E-state index contributed by atoms with van der Waals surface area (Å²) in [6.45, 7) is 5.82. The fourth-order valence-corrected chi connectivity index (χ4v) is 3.13. The number of Topliss-reactive ketones (excluding diaryl/α,β-unsaturated/α-hetero) is 1. The van der Waals surface area contributed by atoms with Crippen molar-refractivity contribution in [3.05, 3.63) is 64.5 Å². The lowest BCUT2D eigenvalue weighted by atomic mass is 9.99. The highest BCUT2D eigenvalue weighted by molar-refractivity contribution is 7.85. The number of ketones is 1. The summed E-state index contributed by atoms with van der Waals surface area (Å²) in [5.74, 6) is -0.625. The molecule has 0 N–H and O–H groups in total. The molecule has 2 rings (SSSR count). The topological polar surface area (TPSA) is 34.1 Å². The lowest BCUT2D eigenvalue weighted by molar-refractivity contribution is 0.102. The normalized spacial score (nSPS) is 12.2. The summed E-state index contributed by atoms with van der Waals surface area (Å²) in [5.41, 5.74) is 3.66. The maximum absolute atomic E-state index is 12.8. The molecular formula is C17H17FO2S. The zero-order chi connectivity index (χ0) is 15.6. The van der Waals surface area contributed by atoms with Crippen LogP contribution in [-0.2, 0) is 10.8 Å². The van der Waals surface area contributed by atoms with Gasteiger partial charge in [0, 0.05) is 10.5 Å². The number of benzene rings is 2. The molecule has 0 aromatic heterocycles. The predicted octanol–water partition coefficient (Wildman–Crippen LogP) is 3.74. The number of carbonyl (C=O) groups excluding carboxylic acids is 1. The Morgan fingerprint density at radius 2 is 1.57 bits per heavy atom. The van der Waals surface area contributed by atoms with Crippen LogP contribution in [0.2, 0.25) is 0 Å². The summed E-state index contributed by atoms with van der Waals surface area (Å²) in [4.78, 5) is 12.8. The fraction of sp³-hybridized carbons (Fsp3) is 0.235. The quantitative estimate of drug-likeness (QED) is 0.806. The van der Waals surface area contributed by atoms with Gasteiger partial charge < -0.3 is 0 Å². The predicted molar refractivity (Wildman–Crippen MR) is 82.7 cm³/mol. The molecule has 1 unspecified atom stereocenters. The summed E-state index contributed by atoms with van der Waals surface area (Å²) >= 11 is 0. The summed E-state index contributed by atoms with van der Waals surface area (Å²) in [7, 11) is -1.46. The van der Waals surface area contributed by atoms with E-state index < -0.39 is 10.8 Å². The van der Waals surface area contributed by atoms with E-state index in [9.17, 15) is 13.4 Å². The third-order valence-corrected chi connectivity index (χ3v) is 4.80. The van der Waals surface area contributed by atoms with E-state index in [1.54, 1.807) is 0 Å². The van der Waals surface area contributed by atoms with E-state index in [0.717, 1.165) is 16.7 Å². The number of aryl methyl sites for hydroxylation is 3. The number of rotatable bonds is 4. The van der Waals surface area contributed by atoms with Gasteiger partial charge in [-0.25, -0.2) is 4.39 Å². The van der Waals surface area contributed by atoms with Gasteiger partial charge >= 0.3 is 0 Å². The Labute approximate surface area is 126 Å². The minimum absolute atomic E-state index is 0.0883. The van der Waals surface area contributed by atoms with Crippen molar-refractivity contribution in [3.8, 4) is 0 Å². The molecule has 0 spiro atoms. The third kappa shape index (κ3) is 3.64. The largest absolute Gasteiger partial charge is 0.293 e. The highest BCUT2D eigenvalue weighted by Crippen LogP contribution is 2.17. The average Bonchev–Trinajstić information content (AvgIpc) is 2.43. The Bertz CT molecular complexity index is 705. The minimum atomic E-state index is -1.46. The molecule has 0 saturated carbocycles. The van der Waals surface area contributed by atoms with Crippen LogP contribution in [0.4, 0.5) is 4.39 Å². The maximum Gasteiger partial charge on any atom is 0.175 e. The Kier molecular flexibility index (Phi) is 4.68. The summed E-state index contributed by atoms with van der Waals surface area (Å²) in [6.07, 6.45) is 0. The van der Waals surface area contributed by atoms with Gasteiger partial charge in [-0.3, -0.25) is 9.00 Å². The zero-order valence-electron chi connectivity index (χ0n) is 12.3. The van der Waals surface area contributed by atoms with Crippen molar-refractivity contribution < 1.29 is 13.4 Å². The van der Waals surface area contributed by atoms with Crippen LogP contribution in [0.25, 0.3) is 0 Å². The van der Waals surface area contributed by atoms with Crippen LogP contribution in [0, 0.1) is 26.6 Å². The summed E-state index contributed by atoms with van der Waals surface area (Å²) in [5, 5.41) is 0. The highest BCUT2D eigenvalue weighted by Gasteiger charge is 2.15. The molecule has 4 heteroatoms. The Morgan fingerprint density at radius 1 is 1.00 bits per heavy atom. The van der Waals surface area contributed by atoms with E-state index in [4.69, 9.17) is 0 Å². The molecule has 0 heterocycles. The molecule has 0 bridgehead atoms.